The van der Waals surface area contributed by atoms with Crippen molar-refractivity contribution in [2.24, 2.45) is 0 Å². The fourth-order valence-electron chi connectivity index (χ4n) is 4.90. The van der Waals surface area contributed by atoms with Crippen molar-refractivity contribution in [3.63, 3.8) is 0 Å². The smallest absolute Gasteiger partial charge is 0.136 e. The van der Waals surface area contributed by atoms with Crippen LogP contribution in [0.15, 0.2) is 36.4 Å². The Morgan fingerprint density at radius 2 is 1.73 bits per heavy atom. The van der Waals surface area contributed by atoms with Crippen molar-refractivity contribution in [1.82, 2.24) is 24.3 Å². The summed E-state index contributed by atoms with van der Waals surface area (Å²) in [4.78, 5) is 16.7. The van der Waals surface area contributed by atoms with Crippen molar-refractivity contribution in [1.29, 1.82) is 0 Å². The zero-order valence-corrected chi connectivity index (χ0v) is 22.7. The highest BCUT2D eigenvalue weighted by atomic mass is 35.5. The SMILES string of the molecule is CCOCc1nc2c(-c3ccc(N4CCN(C)CC4)cc3)nc3c(Cl)ccc(F)c3c2n1CCN(C)C. The molecule has 196 valence electrons. The van der Waals surface area contributed by atoms with Gasteiger partial charge in [0, 0.05) is 57.1 Å². The van der Waals surface area contributed by atoms with Gasteiger partial charge in [-0.2, -0.15) is 0 Å². The van der Waals surface area contributed by atoms with Crippen LogP contribution < -0.4 is 4.90 Å². The van der Waals surface area contributed by atoms with Crippen LogP contribution in [0.5, 0.6) is 0 Å². The lowest BCUT2D eigenvalue weighted by Gasteiger charge is -2.34. The van der Waals surface area contributed by atoms with Gasteiger partial charge in [-0.05, 0) is 52.3 Å². The molecular weight excluding hydrogens is 491 g/mol. The van der Waals surface area contributed by atoms with E-state index in [1.807, 2.05) is 21.0 Å². The van der Waals surface area contributed by atoms with Crippen molar-refractivity contribution < 1.29 is 9.13 Å². The van der Waals surface area contributed by atoms with E-state index in [0.717, 1.165) is 44.1 Å². The number of rotatable bonds is 8. The third kappa shape index (κ3) is 5.16. The van der Waals surface area contributed by atoms with Crippen molar-refractivity contribution in [2.45, 2.75) is 20.1 Å². The Bertz CT molecular complexity index is 1400. The summed E-state index contributed by atoms with van der Waals surface area (Å²) in [7, 11) is 6.19. The van der Waals surface area contributed by atoms with Gasteiger partial charge in [-0.1, -0.05) is 23.7 Å². The minimum atomic E-state index is -0.358. The van der Waals surface area contributed by atoms with Gasteiger partial charge >= 0.3 is 0 Å². The maximum absolute atomic E-state index is 15.4. The first kappa shape index (κ1) is 25.9. The number of hydrogen-bond donors (Lipinski definition) is 0. The molecule has 0 spiro atoms. The summed E-state index contributed by atoms with van der Waals surface area (Å²) in [6.07, 6.45) is 0. The molecule has 0 radical (unpaired) electrons. The Labute approximate surface area is 222 Å². The number of benzene rings is 2. The largest absolute Gasteiger partial charge is 0.374 e. The lowest BCUT2D eigenvalue weighted by Crippen LogP contribution is -2.44. The number of pyridine rings is 1. The van der Waals surface area contributed by atoms with Gasteiger partial charge in [-0.25, -0.2) is 14.4 Å². The van der Waals surface area contributed by atoms with E-state index >= 15 is 4.39 Å². The van der Waals surface area contributed by atoms with Crippen molar-refractivity contribution >= 4 is 39.2 Å². The molecule has 0 saturated carbocycles. The number of fused-ring (bicyclic) bond motifs is 3. The monoisotopic (exact) mass is 524 g/mol. The molecule has 1 fully saturated rings. The van der Waals surface area contributed by atoms with E-state index in [1.165, 1.54) is 11.8 Å². The molecule has 0 atom stereocenters. The van der Waals surface area contributed by atoms with Gasteiger partial charge in [0.15, 0.2) is 0 Å². The number of hydrogen-bond acceptors (Lipinski definition) is 6. The second-order valence-electron chi connectivity index (χ2n) is 9.87. The molecule has 2 aromatic carbocycles. The number of anilines is 1. The molecule has 0 amide bonds. The molecule has 1 aliphatic heterocycles. The molecule has 0 aliphatic carbocycles. The zero-order chi connectivity index (χ0) is 26.1. The lowest BCUT2D eigenvalue weighted by atomic mass is 10.1. The van der Waals surface area contributed by atoms with Gasteiger partial charge < -0.3 is 24.0 Å². The molecule has 3 heterocycles. The van der Waals surface area contributed by atoms with Crippen molar-refractivity contribution in [3.05, 3.63) is 53.1 Å². The topological polar surface area (TPSA) is 49.7 Å². The van der Waals surface area contributed by atoms with E-state index in [-0.39, 0.29) is 5.82 Å². The third-order valence-corrected chi connectivity index (χ3v) is 7.33. The van der Waals surface area contributed by atoms with Crippen LogP contribution in [0.4, 0.5) is 10.1 Å². The standard InChI is InChI=1S/C28H34ClFN6O/c1-5-37-18-23-31-27-25(19-6-8-20(9-7-19)35-15-13-34(4)14-16-35)32-26-21(29)10-11-22(30)24(26)28(27)36(23)17-12-33(2)3/h6-11H,5,12-18H2,1-4H3. The lowest BCUT2D eigenvalue weighted by molar-refractivity contribution is 0.125. The summed E-state index contributed by atoms with van der Waals surface area (Å²) >= 11 is 6.60. The van der Waals surface area contributed by atoms with E-state index < -0.39 is 0 Å². The number of halogens is 2. The van der Waals surface area contributed by atoms with Crippen LogP contribution in [-0.4, -0.2) is 84.8 Å². The molecule has 0 N–H and O–H groups in total. The molecule has 0 unspecified atom stereocenters. The highest BCUT2D eigenvalue weighted by Crippen LogP contribution is 2.37. The fraction of sp³-hybridized carbons (Fsp3) is 0.429. The quantitative estimate of drug-likeness (QED) is 0.327. The van der Waals surface area contributed by atoms with Crippen molar-refractivity contribution in [3.8, 4) is 11.3 Å². The number of imidazole rings is 1. The number of likely N-dealkylation sites (N-methyl/N-ethyl adjacent to an activating group) is 2. The number of nitrogens with zero attached hydrogens (tertiary/aromatic N) is 6. The van der Waals surface area contributed by atoms with E-state index in [9.17, 15) is 0 Å². The van der Waals surface area contributed by atoms with Crippen LogP contribution >= 0.6 is 11.6 Å². The summed E-state index contributed by atoms with van der Waals surface area (Å²) < 4.78 is 23.2. The van der Waals surface area contributed by atoms with Crippen LogP contribution in [0, 0.1) is 5.82 Å². The first-order valence-electron chi connectivity index (χ1n) is 12.8. The molecule has 9 heteroatoms. The van der Waals surface area contributed by atoms with E-state index in [1.54, 1.807) is 6.07 Å². The molecule has 1 aliphatic rings. The Kier molecular flexibility index (Phi) is 7.62. The number of ether oxygens (including phenoxy) is 1. The zero-order valence-electron chi connectivity index (χ0n) is 22.0. The predicted molar refractivity (Wildman–Crippen MR) is 149 cm³/mol. The second kappa shape index (κ2) is 10.9. The summed E-state index contributed by atoms with van der Waals surface area (Å²) in [5, 5.41) is 0.814. The fourth-order valence-corrected chi connectivity index (χ4v) is 5.10. The van der Waals surface area contributed by atoms with Crippen LogP contribution in [-0.2, 0) is 17.9 Å². The normalized spacial score (nSPS) is 14.9. The molecule has 2 aromatic heterocycles. The van der Waals surface area contributed by atoms with Gasteiger partial charge in [0.05, 0.1) is 27.1 Å². The van der Waals surface area contributed by atoms with Crippen LogP contribution in [0.25, 0.3) is 33.2 Å². The minimum Gasteiger partial charge on any atom is -0.374 e. The molecule has 7 nitrogen and oxygen atoms in total. The molecule has 4 aromatic rings. The van der Waals surface area contributed by atoms with Gasteiger partial charge in [-0.3, -0.25) is 0 Å². The Hall–Kier alpha value is -2.78. The van der Waals surface area contributed by atoms with Gasteiger partial charge in [0.25, 0.3) is 0 Å². The molecular formula is C28H34ClFN6O. The minimum absolute atomic E-state index is 0.337. The van der Waals surface area contributed by atoms with Crippen LogP contribution in [0.1, 0.15) is 12.7 Å². The van der Waals surface area contributed by atoms with Gasteiger partial charge in [-0.15, -0.1) is 0 Å². The van der Waals surface area contributed by atoms with Crippen LogP contribution in [0.2, 0.25) is 5.02 Å². The van der Waals surface area contributed by atoms with Gasteiger partial charge in [0.1, 0.15) is 23.8 Å². The van der Waals surface area contributed by atoms with Crippen LogP contribution in [0.3, 0.4) is 0 Å². The summed E-state index contributed by atoms with van der Waals surface area (Å²) in [5.74, 6) is 0.394. The average molecular weight is 525 g/mol. The maximum atomic E-state index is 15.4. The second-order valence-corrected chi connectivity index (χ2v) is 10.3. The van der Waals surface area contributed by atoms with Gasteiger partial charge in [0.2, 0.25) is 0 Å². The van der Waals surface area contributed by atoms with E-state index in [4.69, 9.17) is 26.3 Å². The summed E-state index contributed by atoms with van der Waals surface area (Å²) in [6.45, 7) is 8.36. The maximum Gasteiger partial charge on any atom is 0.136 e. The third-order valence-electron chi connectivity index (χ3n) is 7.02. The van der Waals surface area contributed by atoms with E-state index in [2.05, 4.69) is 50.6 Å². The molecule has 5 rings (SSSR count). The first-order valence-corrected chi connectivity index (χ1v) is 13.2. The summed E-state index contributed by atoms with van der Waals surface area (Å²) in [5.41, 5.74) is 4.62. The van der Waals surface area contributed by atoms with Crippen molar-refractivity contribution in [2.75, 3.05) is 65.4 Å². The Morgan fingerprint density at radius 1 is 1.00 bits per heavy atom. The molecule has 0 bridgehead atoms. The molecule has 1 saturated heterocycles. The molecule has 37 heavy (non-hydrogen) atoms. The Morgan fingerprint density at radius 3 is 2.41 bits per heavy atom. The number of aromatic nitrogens is 3. The first-order chi connectivity index (χ1) is 17.9. The predicted octanol–water partition coefficient (Wildman–Crippen LogP) is 4.89. The number of piperazine rings is 1. The highest BCUT2D eigenvalue weighted by molar-refractivity contribution is 6.36. The highest BCUT2D eigenvalue weighted by Gasteiger charge is 2.23. The average Bonchev–Trinajstić information content (AvgIpc) is 3.26. The van der Waals surface area contributed by atoms with E-state index in [0.29, 0.717) is 52.4 Å². The summed E-state index contributed by atoms with van der Waals surface area (Å²) in [6, 6.07) is 11.4. The Balaban J connectivity index is 1.69.